The summed E-state index contributed by atoms with van der Waals surface area (Å²) < 4.78 is 44.8. The first-order valence-electron chi connectivity index (χ1n) is 15.0. The summed E-state index contributed by atoms with van der Waals surface area (Å²) in [6.45, 7) is 16.8. The molecule has 48 heavy (non-hydrogen) atoms. The fraction of sp³-hybridized carbons (Fsp3) is 0.297. The van der Waals surface area contributed by atoms with Gasteiger partial charge in [-0.05, 0) is 45.9 Å². The van der Waals surface area contributed by atoms with Crippen LogP contribution in [0.4, 0.5) is 13.2 Å². The van der Waals surface area contributed by atoms with Gasteiger partial charge in [0.05, 0.1) is 14.1 Å². The second-order valence-corrected chi connectivity index (χ2v) is 11.6. The number of benzene rings is 2. The number of nitrogens with zero attached hydrogens (tertiary/aromatic N) is 7. The molecule has 0 bridgehead atoms. The van der Waals surface area contributed by atoms with Crippen molar-refractivity contribution >= 4 is 0 Å². The van der Waals surface area contributed by atoms with E-state index >= 15 is 0 Å². The van der Waals surface area contributed by atoms with E-state index in [0.29, 0.717) is 5.69 Å². The standard InChI is InChI=1S/2C14H17N2.C9H5F3N3.Ir/c2*1-10-6-7-14(11(2)8-10)16-9-15(5)12(3)13(16)4;10-9(11,12)8-5-7(14-15-8)6-3-1-2-4-13-6;/h2*6,8H,1-5H3;1-5H;/q3*-1;. The molecule has 2 aromatic carbocycles. The van der Waals surface area contributed by atoms with Gasteiger partial charge in [0.25, 0.3) is 0 Å². The second kappa shape index (κ2) is 15.7. The van der Waals surface area contributed by atoms with Crippen molar-refractivity contribution in [2.45, 2.75) is 61.6 Å². The van der Waals surface area contributed by atoms with Crippen LogP contribution in [0.1, 0.15) is 50.7 Å². The zero-order valence-corrected chi connectivity index (χ0v) is 31.2. The minimum atomic E-state index is -4.46. The molecule has 0 atom stereocenters. The van der Waals surface area contributed by atoms with E-state index in [1.54, 1.807) is 18.2 Å². The molecule has 0 aliphatic heterocycles. The Morgan fingerprint density at radius 1 is 0.729 bits per heavy atom. The Labute approximate surface area is 294 Å². The van der Waals surface area contributed by atoms with Crippen LogP contribution < -0.4 is 14.2 Å². The van der Waals surface area contributed by atoms with Crippen LogP contribution in [0.15, 0.2) is 54.7 Å². The fourth-order valence-corrected chi connectivity index (χ4v) is 4.89. The maximum Gasteiger partial charge on any atom is 0.431 e. The summed E-state index contributed by atoms with van der Waals surface area (Å²) in [5.74, 6) is 0. The van der Waals surface area contributed by atoms with Crippen LogP contribution in [0.3, 0.4) is 0 Å². The van der Waals surface area contributed by atoms with Gasteiger partial charge in [0.2, 0.25) is 12.7 Å². The van der Waals surface area contributed by atoms with Gasteiger partial charge in [0.1, 0.15) is 5.69 Å². The summed E-state index contributed by atoms with van der Waals surface area (Å²) in [5, 5.41) is 6.47. The predicted molar refractivity (Wildman–Crippen MR) is 173 cm³/mol. The van der Waals surface area contributed by atoms with Gasteiger partial charge in [-0.15, -0.1) is 0 Å². The zero-order chi connectivity index (χ0) is 34.6. The van der Waals surface area contributed by atoms with Gasteiger partial charge < -0.3 is 28.5 Å². The number of alkyl halides is 3. The number of aryl methyl sites for hydroxylation is 6. The summed E-state index contributed by atoms with van der Waals surface area (Å²) in [5.41, 5.74) is 11.5. The maximum absolute atomic E-state index is 12.2. The molecule has 0 unspecified atom stereocenters. The Bertz CT molecular complexity index is 1890. The maximum atomic E-state index is 12.2. The summed E-state index contributed by atoms with van der Waals surface area (Å²) in [6, 6.07) is 20.8. The number of imidazole rings is 2. The first kappa shape index (κ1) is 38.1. The van der Waals surface area contributed by atoms with Crippen LogP contribution in [0, 0.1) is 80.2 Å². The van der Waals surface area contributed by atoms with Gasteiger partial charge in [0, 0.05) is 54.8 Å². The number of hydrogen-bond donors (Lipinski definition) is 0. The number of pyridine rings is 1. The van der Waals surface area contributed by atoms with E-state index in [4.69, 9.17) is 0 Å². The predicted octanol–water partition coefficient (Wildman–Crippen LogP) is 6.39. The van der Waals surface area contributed by atoms with Gasteiger partial charge in [-0.1, -0.05) is 50.8 Å². The van der Waals surface area contributed by atoms with Gasteiger partial charge in [-0.3, -0.25) is 4.98 Å². The minimum Gasteiger partial charge on any atom is -0.573 e. The van der Waals surface area contributed by atoms with Gasteiger partial charge in [0.15, 0.2) is 0 Å². The molecule has 0 spiro atoms. The molecule has 11 heteroatoms. The van der Waals surface area contributed by atoms with E-state index in [0.717, 1.165) is 17.4 Å². The van der Waals surface area contributed by atoms with Crippen LogP contribution >= 0.6 is 0 Å². The Hall–Kier alpha value is -4.34. The molecule has 6 aromatic rings. The van der Waals surface area contributed by atoms with Crippen LogP contribution in [0.5, 0.6) is 0 Å². The Balaban J connectivity index is 0.000000193. The average molecular weight is 831 g/mol. The van der Waals surface area contributed by atoms with Crippen molar-refractivity contribution in [1.82, 2.24) is 24.3 Å². The molecule has 0 saturated heterocycles. The number of hydrogen-bond acceptors (Lipinski definition) is 2. The normalized spacial score (nSPS) is 10.9. The van der Waals surface area contributed by atoms with Crippen LogP contribution in [-0.4, -0.2) is 19.2 Å². The largest absolute Gasteiger partial charge is 0.573 e. The molecule has 4 heterocycles. The average Bonchev–Trinajstić information content (AvgIpc) is 3.69. The number of rotatable bonds is 3. The third-order valence-corrected chi connectivity index (χ3v) is 7.94. The first-order chi connectivity index (χ1) is 22.1. The zero-order valence-electron chi connectivity index (χ0n) is 28.8. The molecule has 4 aromatic heterocycles. The molecule has 1 radical (unpaired) electrons. The third kappa shape index (κ3) is 8.76. The van der Waals surface area contributed by atoms with E-state index in [9.17, 15) is 13.2 Å². The van der Waals surface area contributed by atoms with E-state index in [1.807, 2.05) is 35.4 Å². The van der Waals surface area contributed by atoms with Crippen molar-refractivity contribution in [3.05, 3.63) is 130 Å². The minimum absolute atomic E-state index is 0. The van der Waals surface area contributed by atoms with Gasteiger partial charge >= 0.3 is 6.18 Å². The molecule has 0 N–H and O–H groups in total. The molecule has 0 saturated carbocycles. The molecular formula is C37H39F3IrN7-3. The Morgan fingerprint density at radius 2 is 1.21 bits per heavy atom. The number of aromatic nitrogens is 7. The molecule has 0 amide bonds. The van der Waals surface area contributed by atoms with Crippen molar-refractivity contribution in [3.8, 4) is 22.8 Å². The SMILES string of the molecule is Cc1c[c-]c(-n2[c-][n+](C)c(C)c2C)c(C)c1.Cc1c[c-]c(-n2[c-][n+](C)c(C)c2C)c(C)c1.FC(F)(F)c1cc(-c2ccccn2)[n-]n1.[Ir]. The molecule has 0 fully saturated rings. The Kier molecular flexibility index (Phi) is 12.5. The fourth-order valence-electron chi connectivity index (χ4n) is 4.89. The summed E-state index contributed by atoms with van der Waals surface area (Å²) in [6.07, 6.45) is 3.61. The van der Waals surface area contributed by atoms with Gasteiger partial charge in [-0.25, -0.2) is 0 Å². The second-order valence-electron chi connectivity index (χ2n) is 11.6. The van der Waals surface area contributed by atoms with Crippen molar-refractivity contribution in [2.24, 2.45) is 14.1 Å². The molecular weight excluding hydrogens is 792 g/mol. The van der Waals surface area contributed by atoms with Crippen LogP contribution in [0.25, 0.3) is 22.8 Å². The third-order valence-electron chi connectivity index (χ3n) is 7.94. The molecule has 0 aliphatic carbocycles. The molecule has 255 valence electrons. The van der Waals surface area contributed by atoms with Crippen LogP contribution in [0.2, 0.25) is 0 Å². The first-order valence-corrected chi connectivity index (χ1v) is 15.0. The molecule has 6 rings (SSSR count). The van der Waals surface area contributed by atoms with E-state index in [1.165, 1.54) is 51.2 Å². The van der Waals surface area contributed by atoms with Crippen molar-refractivity contribution in [3.63, 3.8) is 0 Å². The van der Waals surface area contributed by atoms with Crippen molar-refractivity contribution in [1.29, 1.82) is 0 Å². The monoisotopic (exact) mass is 831 g/mol. The van der Waals surface area contributed by atoms with Crippen molar-refractivity contribution in [2.75, 3.05) is 0 Å². The summed E-state index contributed by atoms with van der Waals surface area (Å²) >= 11 is 0. The van der Waals surface area contributed by atoms with E-state index < -0.39 is 11.9 Å². The van der Waals surface area contributed by atoms with Crippen LogP contribution in [-0.2, 0) is 40.4 Å². The quantitative estimate of drug-likeness (QED) is 0.154. The van der Waals surface area contributed by atoms with E-state index in [-0.39, 0.29) is 25.8 Å². The van der Waals surface area contributed by atoms with E-state index in [2.05, 4.69) is 117 Å². The Morgan fingerprint density at radius 3 is 1.54 bits per heavy atom. The smallest absolute Gasteiger partial charge is 0.431 e. The molecule has 0 aliphatic rings. The summed E-state index contributed by atoms with van der Waals surface area (Å²) in [4.78, 5) is 3.87. The number of halogens is 3. The topological polar surface area (TPSA) is 57.5 Å². The summed E-state index contributed by atoms with van der Waals surface area (Å²) in [7, 11) is 4.03. The molecule has 7 nitrogen and oxygen atoms in total. The van der Waals surface area contributed by atoms with Crippen molar-refractivity contribution < 1.29 is 42.4 Å². The van der Waals surface area contributed by atoms with Gasteiger partial charge in [-0.2, -0.15) is 71.8 Å².